The third kappa shape index (κ3) is 3.48. The number of hydrogen-bond donors (Lipinski definition) is 1. The molecule has 0 atom stereocenters. The molecule has 4 heteroatoms. The lowest BCUT2D eigenvalue weighted by atomic mass is 10.1. The van der Waals surface area contributed by atoms with E-state index in [-0.39, 0.29) is 11.2 Å². The zero-order valence-electron chi connectivity index (χ0n) is 13.9. The van der Waals surface area contributed by atoms with Gasteiger partial charge >= 0.3 is 0 Å². The number of hydrogen-bond acceptors (Lipinski definition) is 3. The van der Waals surface area contributed by atoms with E-state index < -0.39 is 0 Å². The Morgan fingerprint density at radius 1 is 1.04 bits per heavy atom. The Labute approximate surface area is 137 Å². The Balaban J connectivity index is 1.97. The van der Waals surface area contributed by atoms with Gasteiger partial charge in [-0.3, -0.25) is 9.69 Å². The summed E-state index contributed by atoms with van der Waals surface area (Å²) in [4.78, 5) is 14.3. The van der Waals surface area contributed by atoms with Crippen molar-refractivity contribution in [2.75, 3.05) is 13.1 Å². The van der Waals surface area contributed by atoms with E-state index in [1.54, 1.807) is 0 Å². The summed E-state index contributed by atoms with van der Waals surface area (Å²) in [6.45, 7) is 7.37. The Bertz CT molecular complexity index is 741. The highest BCUT2D eigenvalue weighted by Crippen LogP contribution is 2.21. The first-order valence-corrected chi connectivity index (χ1v) is 8.25. The molecule has 0 aliphatic carbocycles. The molecule has 1 aliphatic rings. The van der Waals surface area contributed by atoms with Gasteiger partial charge in [0.2, 0.25) is 5.43 Å². The van der Waals surface area contributed by atoms with Crippen molar-refractivity contribution in [1.82, 2.24) is 9.47 Å². The van der Waals surface area contributed by atoms with Crippen LogP contribution in [0.15, 0.2) is 35.1 Å². The molecule has 122 valence electrons. The van der Waals surface area contributed by atoms with Gasteiger partial charge in [-0.05, 0) is 45.3 Å². The van der Waals surface area contributed by atoms with E-state index in [4.69, 9.17) is 0 Å². The highest BCUT2D eigenvalue weighted by atomic mass is 16.3. The van der Waals surface area contributed by atoms with Crippen LogP contribution in [-0.4, -0.2) is 27.7 Å². The first-order valence-electron chi connectivity index (χ1n) is 8.25. The third-order valence-corrected chi connectivity index (χ3v) is 4.63. The van der Waals surface area contributed by atoms with Crippen LogP contribution in [0, 0.1) is 13.8 Å². The molecular formula is C19H24N2O2. The van der Waals surface area contributed by atoms with Crippen LogP contribution in [0.1, 0.15) is 35.4 Å². The lowest BCUT2D eigenvalue weighted by Crippen LogP contribution is -2.25. The highest BCUT2D eigenvalue weighted by Gasteiger charge is 2.19. The number of nitrogens with zero attached hydrogens (tertiary/aromatic N) is 2. The molecule has 23 heavy (non-hydrogen) atoms. The van der Waals surface area contributed by atoms with Crippen molar-refractivity contribution in [3.05, 3.63) is 63.1 Å². The molecule has 1 fully saturated rings. The van der Waals surface area contributed by atoms with E-state index in [2.05, 4.69) is 40.7 Å². The van der Waals surface area contributed by atoms with Crippen LogP contribution in [0.25, 0.3) is 0 Å². The van der Waals surface area contributed by atoms with Crippen LogP contribution in [-0.2, 0) is 13.1 Å². The van der Waals surface area contributed by atoms with Gasteiger partial charge in [0.1, 0.15) is 0 Å². The fourth-order valence-electron chi connectivity index (χ4n) is 3.23. The molecule has 0 bridgehead atoms. The van der Waals surface area contributed by atoms with Gasteiger partial charge in [0, 0.05) is 24.8 Å². The summed E-state index contributed by atoms with van der Waals surface area (Å²) in [6, 6.07) is 9.91. The van der Waals surface area contributed by atoms with E-state index in [1.165, 1.54) is 30.0 Å². The van der Waals surface area contributed by atoms with Crippen molar-refractivity contribution in [3.8, 4) is 5.75 Å². The number of aryl methyl sites for hydroxylation is 2. The number of aromatic hydroxyl groups is 1. The summed E-state index contributed by atoms with van der Waals surface area (Å²) in [6.07, 6.45) is 2.38. The Morgan fingerprint density at radius 3 is 2.35 bits per heavy atom. The molecule has 0 radical (unpaired) electrons. The Morgan fingerprint density at radius 2 is 1.70 bits per heavy atom. The van der Waals surface area contributed by atoms with Gasteiger partial charge in [0.15, 0.2) is 5.75 Å². The second-order valence-corrected chi connectivity index (χ2v) is 6.50. The van der Waals surface area contributed by atoms with Gasteiger partial charge in [-0.1, -0.05) is 29.8 Å². The maximum Gasteiger partial charge on any atom is 0.223 e. The molecule has 2 aromatic rings. The predicted molar refractivity (Wildman–Crippen MR) is 91.9 cm³/mol. The van der Waals surface area contributed by atoms with E-state index >= 15 is 0 Å². The molecule has 3 rings (SSSR count). The summed E-state index contributed by atoms with van der Waals surface area (Å²) in [5.74, 6) is -0.102. The van der Waals surface area contributed by atoms with Gasteiger partial charge in [-0.2, -0.15) is 0 Å². The van der Waals surface area contributed by atoms with E-state index in [0.717, 1.165) is 24.5 Å². The lowest BCUT2D eigenvalue weighted by molar-refractivity contribution is 0.310. The van der Waals surface area contributed by atoms with Gasteiger partial charge in [0.25, 0.3) is 0 Å². The molecule has 4 nitrogen and oxygen atoms in total. The number of benzene rings is 1. The standard InChI is InChI=1S/C19H24N2O2/c1-14-5-7-16(8-6-14)12-21-15(2)11-18(22)19(23)17(21)13-20-9-3-4-10-20/h5-8,11,23H,3-4,9-10,12-13H2,1-2H3. The largest absolute Gasteiger partial charge is 0.503 e. The fourth-order valence-corrected chi connectivity index (χ4v) is 3.23. The van der Waals surface area contributed by atoms with Crippen LogP contribution in [0.3, 0.4) is 0 Å². The van der Waals surface area contributed by atoms with Crippen molar-refractivity contribution in [2.45, 2.75) is 39.8 Å². The molecule has 1 saturated heterocycles. The van der Waals surface area contributed by atoms with Crippen LogP contribution in [0.4, 0.5) is 0 Å². The van der Waals surface area contributed by atoms with Gasteiger partial charge in [-0.15, -0.1) is 0 Å². The predicted octanol–water partition coefficient (Wildman–Crippen LogP) is 2.81. The number of likely N-dealkylation sites (tertiary alicyclic amines) is 1. The van der Waals surface area contributed by atoms with Gasteiger partial charge < -0.3 is 9.67 Å². The molecule has 0 unspecified atom stereocenters. The van der Waals surface area contributed by atoms with Gasteiger partial charge in [0.05, 0.1) is 5.69 Å². The Kier molecular flexibility index (Phi) is 4.53. The van der Waals surface area contributed by atoms with Crippen LogP contribution in [0.5, 0.6) is 5.75 Å². The van der Waals surface area contributed by atoms with Crippen molar-refractivity contribution in [1.29, 1.82) is 0 Å². The van der Waals surface area contributed by atoms with Crippen LogP contribution < -0.4 is 5.43 Å². The molecule has 1 N–H and O–H groups in total. The topological polar surface area (TPSA) is 45.5 Å². The van der Waals surface area contributed by atoms with Crippen molar-refractivity contribution in [2.24, 2.45) is 0 Å². The number of pyridine rings is 1. The number of aromatic nitrogens is 1. The summed E-state index contributed by atoms with van der Waals surface area (Å²) in [5, 5.41) is 10.3. The molecule has 1 aliphatic heterocycles. The van der Waals surface area contributed by atoms with Crippen molar-refractivity contribution >= 4 is 0 Å². The molecule has 0 amide bonds. The quantitative estimate of drug-likeness (QED) is 0.944. The third-order valence-electron chi connectivity index (χ3n) is 4.63. The summed E-state index contributed by atoms with van der Waals surface area (Å²) in [7, 11) is 0. The monoisotopic (exact) mass is 312 g/mol. The second-order valence-electron chi connectivity index (χ2n) is 6.50. The summed E-state index contributed by atoms with van der Waals surface area (Å²) in [5.41, 5.74) is 3.74. The minimum absolute atomic E-state index is 0.102. The smallest absolute Gasteiger partial charge is 0.223 e. The van der Waals surface area contributed by atoms with Crippen LogP contribution >= 0.6 is 0 Å². The van der Waals surface area contributed by atoms with Crippen molar-refractivity contribution < 1.29 is 5.11 Å². The average Bonchev–Trinajstić information content (AvgIpc) is 3.03. The molecule has 0 spiro atoms. The molecule has 2 heterocycles. The second kappa shape index (κ2) is 6.59. The minimum atomic E-state index is -0.281. The summed E-state index contributed by atoms with van der Waals surface area (Å²) < 4.78 is 2.07. The molecule has 0 saturated carbocycles. The zero-order valence-corrected chi connectivity index (χ0v) is 13.9. The average molecular weight is 312 g/mol. The molecule has 1 aromatic carbocycles. The molecular weight excluding hydrogens is 288 g/mol. The van der Waals surface area contributed by atoms with Crippen molar-refractivity contribution in [3.63, 3.8) is 0 Å². The van der Waals surface area contributed by atoms with Crippen LogP contribution in [0.2, 0.25) is 0 Å². The lowest BCUT2D eigenvalue weighted by Gasteiger charge is -2.22. The highest BCUT2D eigenvalue weighted by molar-refractivity contribution is 5.31. The maximum atomic E-state index is 12.0. The Hall–Kier alpha value is -2.07. The SMILES string of the molecule is Cc1ccc(Cn2c(C)cc(=O)c(O)c2CN2CCCC2)cc1. The normalized spacial score (nSPS) is 15.2. The number of rotatable bonds is 4. The minimum Gasteiger partial charge on any atom is -0.503 e. The fraction of sp³-hybridized carbons (Fsp3) is 0.421. The maximum absolute atomic E-state index is 12.0. The van der Waals surface area contributed by atoms with Gasteiger partial charge in [-0.25, -0.2) is 0 Å². The van der Waals surface area contributed by atoms with E-state index in [0.29, 0.717) is 13.1 Å². The first-order chi connectivity index (χ1) is 11.0. The molecule has 1 aromatic heterocycles. The van der Waals surface area contributed by atoms with E-state index in [1.807, 2.05) is 6.92 Å². The first kappa shape index (κ1) is 15.8. The van der Waals surface area contributed by atoms with E-state index in [9.17, 15) is 9.90 Å². The zero-order chi connectivity index (χ0) is 16.4. The summed E-state index contributed by atoms with van der Waals surface area (Å²) >= 11 is 0.